The summed E-state index contributed by atoms with van der Waals surface area (Å²) in [6.07, 6.45) is -4.56. The Morgan fingerprint density at radius 3 is 2.27 bits per heavy atom. The first kappa shape index (κ1) is 12.8. The number of alkyl halides is 3. The maximum absolute atomic E-state index is 12.6. The van der Waals surface area contributed by atoms with Crippen molar-refractivity contribution in [3.8, 4) is 0 Å². The van der Waals surface area contributed by atoms with E-state index < -0.39 is 22.5 Å². The van der Waals surface area contributed by atoms with Crippen molar-refractivity contribution in [1.82, 2.24) is 0 Å². The predicted molar refractivity (Wildman–Crippen MR) is 59.1 cm³/mol. The van der Waals surface area contributed by atoms with Gasteiger partial charge in [-0.15, -0.1) is 0 Å². The minimum absolute atomic E-state index is 0.00749. The van der Waals surface area contributed by atoms with Gasteiger partial charge in [-0.2, -0.15) is 13.2 Å². The molecule has 1 aromatic rings. The van der Waals surface area contributed by atoms with E-state index in [-0.39, 0.29) is 9.13 Å². The summed E-state index contributed by atoms with van der Waals surface area (Å²) in [6.45, 7) is 1.29. The van der Waals surface area contributed by atoms with Crippen molar-refractivity contribution in [3.63, 3.8) is 0 Å². The van der Waals surface area contributed by atoms with Crippen molar-refractivity contribution < 1.29 is 18.0 Å². The van der Waals surface area contributed by atoms with Crippen LogP contribution in [0.2, 0.25) is 0 Å². The molecule has 1 rings (SSSR count). The van der Waals surface area contributed by atoms with Gasteiger partial charge in [-0.3, -0.25) is 4.79 Å². The third-order valence-corrected chi connectivity index (χ3v) is 2.93. The van der Waals surface area contributed by atoms with E-state index in [4.69, 9.17) is 11.6 Å². The zero-order valence-corrected chi connectivity index (χ0v) is 10.4. The van der Waals surface area contributed by atoms with Crippen LogP contribution in [-0.4, -0.2) is 5.24 Å². The second-order valence-electron chi connectivity index (χ2n) is 2.89. The molecule has 1 aromatic carbocycles. The number of hydrogen-bond acceptors (Lipinski definition) is 1. The summed E-state index contributed by atoms with van der Waals surface area (Å²) in [5.74, 6) is 0. The highest BCUT2D eigenvalue weighted by atomic mass is 127. The quantitative estimate of drug-likeness (QED) is 0.554. The summed E-state index contributed by atoms with van der Waals surface area (Å²) >= 11 is 6.80. The number of carbonyl (C=O) groups is 1. The van der Waals surface area contributed by atoms with Crippen LogP contribution in [0.1, 0.15) is 21.5 Å². The van der Waals surface area contributed by atoms with E-state index >= 15 is 0 Å². The average Bonchev–Trinajstić information content (AvgIpc) is 2.05. The van der Waals surface area contributed by atoms with Crippen molar-refractivity contribution in [3.05, 3.63) is 32.4 Å². The molecule has 0 N–H and O–H groups in total. The predicted octanol–water partition coefficient (Wildman–Crippen LogP) is 4.00. The van der Waals surface area contributed by atoms with Crippen molar-refractivity contribution in [1.29, 1.82) is 0 Å². The zero-order chi connectivity index (χ0) is 11.8. The minimum Gasteiger partial charge on any atom is -0.276 e. The molecule has 82 valence electrons. The highest BCUT2D eigenvalue weighted by molar-refractivity contribution is 14.1. The second kappa shape index (κ2) is 4.29. The Morgan fingerprint density at radius 1 is 1.40 bits per heavy atom. The smallest absolute Gasteiger partial charge is 0.276 e. The van der Waals surface area contributed by atoms with Gasteiger partial charge in [-0.05, 0) is 52.7 Å². The van der Waals surface area contributed by atoms with Crippen LogP contribution in [0.3, 0.4) is 0 Å². The molecule has 0 fully saturated rings. The molecule has 0 aliphatic carbocycles. The van der Waals surface area contributed by atoms with Crippen molar-refractivity contribution in [2.24, 2.45) is 0 Å². The average molecular weight is 348 g/mol. The Balaban J connectivity index is 3.60. The van der Waals surface area contributed by atoms with Gasteiger partial charge in [0.15, 0.2) is 0 Å². The van der Waals surface area contributed by atoms with Crippen LogP contribution in [-0.2, 0) is 6.18 Å². The van der Waals surface area contributed by atoms with Crippen LogP contribution < -0.4 is 0 Å². The molecule has 0 amide bonds. The van der Waals surface area contributed by atoms with E-state index in [9.17, 15) is 18.0 Å². The van der Waals surface area contributed by atoms with Crippen LogP contribution in [0, 0.1) is 10.5 Å². The maximum atomic E-state index is 12.6. The van der Waals surface area contributed by atoms with Gasteiger partial charge in [-0.1, -0.05) is 6.07 Å². The van der Waals surface area contributed by atoms with E-state index in [1.165, 1.54) is 19.1 Å². The Morgan fingerprint density at radius 2 is 1.93 bits per heavy atom. The largest absolute Gasteiger partial charge is 0.417 e. The van der Waals surface area contributed by atoms with Crippen LogP contribution in [0.25, 0.3) is 0 Å². The SMILES string of the molecule is Cc1ccc(I)c(C(=O)Cl)c1C(F)(F)F. The third kappa shape index (κ3) is 2.63. The van der Waals surface area contributed by atoms with Gasteiger partial charge in [0.25, 0.3) is 5.24 Å². The topological polar surface area (TPSA) is 17.1 Å². The Kier molecular flexibility index (Phi) is 3.65. The fourth-order valence-corrected chi connectivity index (χ4v) is 2.29. The molecule has 0 unspecified atom stereocenters. The molecule has 0 atom stereocenters. The molecule has 0 saturated heterocycles. The van der Waals surface area contributed by atoms with Crippen molar-refractivity contribution >= 4 is 39.4 Å². The van der Waals surface area contributed by atoms with Gasteiger partial charge in [-0.25, -0.2) is 0 Å². The van der Waals surface area contributed by atoms with Crippen LogP contribution in [0.4, 0.5) is 13.2 Å². The Hall–Kier alpha value is -0.300. The lowest BCUT2D eigenvalue weighted by molar-refractivity contribution is -0.138. The monoisotopic (exact) mass is 348 g/mol. The molecule has 0 aliphatic rings. The van der Waals surface area contributed by atoms with Gasteiger partial charge < -0.3 is 0 Å². The summed E-state index contributed by atoms with van der Waals surface area (Å²) in [5.41, 5.74) is -1.42. The van der Waals surface area contributed by atoms with E-state index in [2.05, 4.69) is 0 Å². The molecule has 6 heteroatoms. The van der Waals surface area contributed by atoms with Crippen LogP contribution >= 0.6 is 34.2 Å². The molecule has 0 aromatic heterocycles. The lowest BCUT2D eigenvalue weighted by Crippen LogP contribution is -2.14. The molecular formula is C9H5ClF3IO. The standard InChI is InChI=1S/C9H5ClF3IO/c1-4-2-3-5(14)6(8(10)15)7(4)9(11,12)13/h2-3H,1H3. The summed E-state index contributed by atoms with van der Waals surface area (Å²) in [4.78, 5) is 10.9. The number of aryl methyl sites for hydroxylation is 1. The minimum atomic E-state index is -4.56. The molecular weight excluding hydrogens is 343 g/mol. The number of rotatable bonds is 1. The molecule has 15 heavy (non-hydrogen) atoms. The second-order valence-corrected chi connectivity index (χ2v) is 4.39. The van der Waals surface area contributed by atoms with Gasteiger partial charge in [0.2, 0.25) is 0 Å². The first-order valence-electron chi connectivity index (χ1n) is 3.81. The number of carbonyl (C=O) groups excluding carboxylic acids is 1. The van der Waals surface area contributed by atoms with Gasteiger partial charge in [0, 0.05) is 3.57 Å². The lowest BCUT2D eigenvalue weighted by Gasteiger charge is -2.14. The summed E-state index contributed by atoms with van der Waals surface area (Å²) in [5, 5.41) is -1.09. The molecule has 0 heterocycles. The van der Waals surface area contributed by atoms with Crippen molar-refractivity contribution in [2.45, 2.75) is 13.1 Å². The lowest BCUT2D eigenvalue weighted by atomic mass is 10.0. The first-order valence-corrected chi connectivity index (χ1v) is 5.27. The Bertz CT molecular complexity index is 415. The van der Waals surface area contributed by atoms with E-state index in [1.807, 2.05) is 0 Å². The fourth-order valence-electron chi connectivity index (χ4n) is 1.24. The number of benzene rings is 1. The number of hydrogen-bond donors (Lipinski definition) is 0. The zero-order valence-electron chi connectivity index (χ0n) is 7.45. The van der Waals surface area contributed by atoms with Crippen LogP contribution in [0.5, 0.6) is 0 Å². The molecule has 0 aliphatic heterocycles. The third-order valence-electron chi connectivity index (χ3n) is 1.84. The molecule has 1 nitrogen and oxygen atoms in total. The van der Waals surface area contributed by atoms with Crippen molar-refractivity contribution in [2.75, 3.05) is 0 Å². The molecule has 0 bridgehead atoms. The maximum Gasteiger partial charge on any atom is 0.417 e. The van der Waals surface area contributed by atoms with Gasteiger partial charge in [0.1, 0.15) is 0 Å². The number of halogens is 5. The van der Waals surface area contributed by atoms with Gasteiger partial charge in [0.05, 0.1) is 11.1 Å². The fraction of sp³-hybridized carbons (Fsp3) is 0.222. The highest BCUT2D eigenvalue weighted by Crippen LogP contribution is 2.36. The Labute approximate surface area is 103 Å². The van der Waals surface area contributed by atoms with Gasteiger partial charge >= 0.3 is 6.18 Å². The van der Waals surface area contributed by atoms with Crippen LogP contribution in [0.15, 0.2) is 12.1 Å². The summed E-state index contributed by atoms with van der Waals surface area (Å²) in [6, 6.07) is 2.74. The summed E-state index contributed by atoms with van der Waals surface area (Å²) < 4.78 is 38.1. The summed E-state index contributed by atoms with van der Waals surface area (Å²) in [7, 11) is 0. The van der Waals surface area contributed by atoms with E-state index in [0.29, 0.717) is 0 Å². The molecule has 0 spiro atoms. The molecule has 0 radical (unpaired) electrons. The van der Waals surface area contributed by atoms with E-state index in [1.54, 1.807) is 22.6 Å². The molecule has 0 saturated carbocycles. The normalized spacial score (nSPS) is 11.6. The first-order chi connectivity index (χ1) is 6.75. The highest BCUT2D eigenvalue weighted by Gasteiger charge is 2.37. The van der Waals surface area contributed by atoms with E-state index in [0.717, 1.165) is 0 Å².